The Morgan fingerprint density at radius 1 is 1.47 bits per heavy atom. The van der Waals surface area contributed by atoms with Gasteiger partial charge in [0.2, 0.25) is 0 Å². The Morgan fingerprint density at radius 2 is 2.06 bits per heavy atom. The fraction of sp³-hybridized carbons (Fsp3) is 0.857. The smallest absolute Gasteiger partial charge is 0.451 e. The fourth-order valence-corrected chi connectivity index (χ4v) is 1.64. The molecular weight excluding hydrogens is 249 g/mol. The van der Waals surface area contributed by atoms with Crippen molar-refractivity contribution in [3.05, 3.63) is 0 Å². The van der Waals surface area contributed by atoms with E-state index in [-0.39, 0.29) is 19.3 Å². The molecule has 8 nitrogen and oxygen atoms in total. The van der Waals surface area contributed by atoms with Gasteiger partial charge in [-0.05, 0) is 12.7 Å². The Balaban J connectivity index is 4.08. The molecule has 0 amide bonds. The van der Waals surface area contributed by atoms with Gasteiger partial charge in [-0.2, -0.15) is 0 Å². The largest absolute Gasteiger partial charge is 0.579 e. The van der Waals surface area contributed by atoms with Gasteiger partial charge < -0.3 is 25.4 Å². The first-order valence-corrected chi connectivity index (χ1v) is 6.27. The molecule has 0 radical (unpaired) electrons. The van der Waals surface area contributed by atoms with Crippen molar-refractivity contribution in [3.8, 4) is 0 Å². The lowest BCUT2D eigenvalue weighted by Crippen LogP contribution is -2.56. The Hall–Kier alpha value is -0.355. The SMILES string of the molecule is N[S+]([O-])NCC(N)(CCCCB(O)O)C(=O)O. The molecule has 0 aliphatic heterocycles. The van der Waals surface area contributed by atoms with Gasteiger partial charge in [0.25, 0.3) is 0 Å². The van der Waals surface area contributed by atoms with Crippen molar-refractivity contribution in [1.29, 1.82) is 0 Å². The number of nitrogens with two attached hydrogens (primary N) is 2. The van der Waals surface area contributed by atoms with Crippen LogP contribution in [-0.4, -0.2) is 44.9 Å². The van der Waals surface area contributed by atoms with Crippen molar-refractivity contribution in [1.82, 2.24) is 4.72 Å². The van der Waals surface area contributed by atoms with Crippen LogP contribution in [0.15, 0.2) is 0 Å². The summed E-state index contributed by atoms with van der Waals surface area (Å²) in [6.07, 6.45) is 1.14. The molecule has 0 aromatic rings. The van der Waals surface area contributed by atoms with Crippen LogP contribution in [0.1, 0.15) is 19.3 Å². The molecule has 8 N–H and O–H groups in total. The standard InChI is InChI=1S/C7H18BN3O5S/c9-7(6(12)13,5-11-17(10)16)3-1-2-4-8(14)15/h11,14-15H,1-5,9-10H2,(H,12,13). The summed E-state index contributed by atoms with van der Waals surface area (Å²) in [5, 5.41) is 31.1. The van der Waals surface area contributed by atoms with Crippen LogP contribution in [0.5, 0.6) is 0 Å². The molecule has 100 valence electrons. The highest BCUT2D eigenvalue weighted by Crippen LogP contribution is 2.13. The number of carboxylic acid groups (broad SMARTS) is 1. The minimum absolute atomic E-state index is 0.124. The number of carbonyl (C=O) groups is 1. The van der Waals surface area contributed by atoms with Gasteiger partial charge in [-0.25, -0.2) is 0 Å². The van der Waals surface area contributed by atoms with Crippen LogP contribution in [0, 0.1) is 0 Å². The highest BCUT2D eigenvalue weighted by molar-refractivity contribution is 7.87. The molecule has 17 heavy (non-hydrogen) atoms. The summed E-state index contributed by atoms with van der Waals surface area (Å²) in [4.78, 5) is 11.0. The lowest BCUT2D eigenvalue weighted by Gasteiger charge is -2.24. The van der Waals surface area contributed by atoms with Gasteiger partial charge in [-0.3, -0.25) is 4.79 Å². The summed E-state index contributed by atoms with van der Waals surface area (Å²) in [6.45, 7) is -0.215. The summed E-state index contributed by atoms with van der Waals surface area (Å²) in [6, 6.07) is 0. The van der Waals surface area contributed by atoms with E-state index in [4.69, 9.17) is 26.0 Å². The van der Waals surface area contributed by atoms with Gasteiger partial charge in [-0.15, -0.1) is 9.86 Å². The summed E-state index contributed by atoms with van der Waals surface area (Å²) in [5.41, 5.74) is 4.07. The number of nitrogens with one attached hydrogen (secondary N) is 1. The average molecular weight is 267 g/mol. The quantitative estimate of drug-likeness (QED) is 0.152. The number of carboxylic acids is 1. The van der Waals surface area contributed by atoms with E-state index in [9.17, 15) is 9.35 Å². The van der Waals surface area contributed by atoms with Gasteiger partial charge in [-0.1, -0.05) is 12.8 Å². The number of unbranched alkanes of at least 4 members (excludes halogenated alkanes) is 1. The molecule has 2 atom stereocenters. The molecule has 0 fully saturated rings. The third-order valence-corrected chi connectivity index (χ3v) is 2.72. The monoisotopic (exact) mass is 267 g/mol. The second-order valence-corrected chi connectivity index (χ2v) is 4.69. The van der Waals surface area contributed by atoms with Crippen molar-refractivity contribution >= 4 is 24.6 Å². The van der Waals surface area contributed by atoms with Crippen molar-refractivity contribution in [2.45, 2.75) is 31.1 Å². The van der Waals surface area contributed by atoms with Crippen LogP contribution in [0.25, 0.3) is 0 Å². The Kier molecular flexibility index (Phi) is 7.71. The lowest BCUT2D eigenvalue weighted by molar-refractivity contribution is -0.143. The molecule has 10 heteroatoms. The van der Waals surface area contributed by atoms with Gasteiger partial charge in [0.05, 0.1) is 6.54 Å². The van der Waals surface area contributed by atoms with E-state index >= 15 is 0 Å². The molecule has 0 saturated heterocycles. The van der Waals surface area contributed by atoms with Crippen LogP contribution in [-0.2, 0) is 16.3 Å². The number of hydrogen-bond acceptors (Lipinski definition) is 7. The van der Waals surface area contributed by atoms with Gasteiger partial charge in [0, 0.05) is 0 Å². The fourth-order valence-electron chi connectivity index (χ4n) is 1.24. The molecule has 0 bridgehead atoms. The Morgan fingerprint density at radius 3 is 2.47 bits per heavy atom. The zero-order chi connectivity index (χ0) is 13.5. The maximum atomic E-state index is 11.0. The van der Waals surface area contributed by atoms with Crippen molar-refractivity contribution in [3.63, 3.8) is 0 Å². The summed E-state index contributed by atoms with van der Waals surface area (Å²) in [7, 11) is -1.40. The predicted octanol–water partition coefficient (Wildman–Crippen LogP) is -2.46. The third kappa shape index (κ3) is 7.55. The van der Waals surface area contributed by atoms with E-state index in [1.165, 1.54) is 0 Å². The molecule has 0 aromatic heterocycles. The first kappa shape index (κ1) is 16.6. The third-order valence-electron chi connectivity index (χ3n) is 2.29. The summed E-state index contributed by atoms with van der Waals surface area (Å²) in [5.74, 6) is -1.22. The zero-order valence-electron chi connectivity index (χ0n) is 9.33. The van der Waals surface area contributed by atoms with Crippen LogP contribution >= 0.6 is 0 Å². The van der Waals surface area contributed by atoms with Gasteiger partial charge in [0.1, 0.15) is 17.1 Å². The van der Waals surface area contributed by atoms with Crippen LogP contribution < -0.4 is 15.6 Å². The molecule has 2 unspecified atom stereocenters. The van der Waals surface area contributed by atoms with E-state index in [0.717, 1.165) is 0 Å². The average Bonchev–Trinajstić information content (AvgIpc) is 2.21. The van der Waals surface area contributed by atoms with E-state index < -0.39 is 30.2 Å². The van der Waals surface area contributed by atoms with E-state index in [1.807, 2.05) is 0 Å². The zero-order valence-corrected chi connectivity index (χ0v) is 10.2. The second kappa shape index (κ2) is 7.87. The topological polar surface area (TPSA) is 165 Å². The first-order chi connectivity index (χ1) is 7.78. The van der Waals surface area contributed by atoms with E-state index in [2.05, 4.69) is 4.72 Å². The predicted molar refractivity (Wildman–Crippen MR) is 63.7 cm³/mol. The second-order valence-electron chi connectivity index (χ2n) is 3.81. The normalized spacial score (nSPS) is 16.3. The molecule has 0 aliphatic rings. The minimum atomic E-state index is -1.82. The molecule has 0 aliphatic carbocycles. The van der Waals surface area contributed by atoms with Crippen LogP contribution in [0.4, 0.5) is 0 Å². The summed E-state index contributed by atoms with van der Waals surface area (Å²) >= 11 is -1.82. The van der Waals surface area contributed by atoms with Crippen LogP contribution in [0.2, 0.25) is 6.32 Å². The molecular formula is C7H18BN3O5S. The Bertz CT molecular complexity index is 246. The molecule has 0 saturated carbocycles. The van der Waals surface area contributed by atoms with Crippen LogP contribution in [0.3, 0.4) is 0 Å². The highest BCUT2D eigenvalue weighted by Gasteiger charge is 2.34. The Labute approximate surface area is 103 Å². The summed E-state index contributed by atoms with van der Waals surface area (Å²) < 4.78 is 12.9. The number of rotatable bonds is 9. The number of aliphatic carboxylic acids is 1. The first-order valence-electron chi connectivity index (χ1n) is 5.06. The molecule has 0 heterocycles. The maximum Gasteiger partial charge on any atom is 0.451 e. The highest BCUT2D eigenvalue weighted by atomic mass is 32.2. The van der Waals surface area contributed by atoms with E-state index in [1.54, 1.807) is 0 Å². The van der Waals surface area contributed by atoms with Crippen molar-refractivity contribution in [2.24, 2.45) is 10.9 Å². The van der Waals surface area contributed by atoms with Crippen molar-refractivity contribution in [2.75, 3.05) is 6.54 Å². The molecule has 0 rings (SSSR count). The molecule has 0 spiro atoms. The lowest BCUT2D eigenvalue weighted by atomic mass is 9.82. The number of hydrogen-bond donors (Lipinski definition) is 6. The van der Waals surface area contributed by atoms with Crippen molar-refractivity contribution < 1.29 is 24.5 Å². The van der Waals surface area contributed by atoms with Gasteiger partial charge in [0.15, 0.2) is 0 Å². The van der Waals surface area contributed by atoms with Gasteiger partial charge >= 0.3 is 13.1 Å². The van der Waals surface area contributed by atoms with E-state index in [0.29, 0.717) is 12.8 Å². The molecule has 0 aromatic carbocycles. The maximum absolute atomic E-state index is 11.0. The minimum Gasteiger partial charge on any atom is -0.579 e.